The third-order valence-corrected chi connectivity index (χ3v) is 6.18. The monoisotopic (exact) mass is 379 g/mol. The van der Waals surface area contributed by atoms with Crippen LogP contribution in [-0.4, -0.2) is 30.2 Å². The topological polar surface area (TPSA) is 49.1 Å². The summed E-state index contributed by atoms with van der Waals surface area (Å²) in [6, 6.07) is 14.0. The van der Waals surface area contributed by atoms with Crippen molar-refractivity contribution < 1.29 is 9.13 Å². The quantitative estimate of drug-likeness (QED) is 0.610. The summed E-state index contributed by atoms with van der Waals surface area (Å²) < 4.78 is 19.5. The fourth-order valence-corrected chi connectivity index (χ4v) is 4.64. The van der Waals surface area contributed by atoms with E-state index in [9.17, 15) is 4.39 Å². The van der Waals surface area contributed by atoms with Gasteiger partial charge in [-0.3, -0.25) is 0 Å². The standard InChI is InChI=1S/C23H26FN3O/c24-16-7-10-21-19(11-16)20(13-26-21)15-5-8-17(9-6-15)25-12-18-14-28-23-4-2-1-3-22(23)27-18/h1-4,7,10-11,13,15,17-18,25-27H,5-6,8-9,12,14H2/t15-,17+,18?. The number of benzene rings is 2. The van der Waals surface area contributed by atoms with Crippen LogP contribution < -0.4 is 15.4 Å². The highest BCUT2D eigenvalue weighted by atomic mass is 19.1. The van der Waals surface area contributed by atoms with Gasteiger partial charge in [-0.05, 0) is 67.5 Å². The molecule has 2 heterocycles. The number of H-pyrrole nitrogens is 1. The van der Waals surface area contributed by atoms with Crippen LogP contribution >= 0.6 is 0 Å². The number of nitrogens with one attached hydrogen (secondary N) is 3. The molecule has 146 valence electrons. The van der Waals surface area contributed by atoms with Gasteiger partial charge in [0.15, 0.2) is 0 Å². The molecule has 1 unspecified atom stereocenters. The Bertz CT molecular complexity index is 961. The van der Waals surface area contributed by atoms with Gasteiger partial charge in [-0.1, -0.05) is 12.1 Å². The van der Waals surface area contributed by atoms with Gasteiger partial charge in [0.25, 0.3) is 0 Å². The van der Waals surface area contributed by atoms with Gasteiger partial charge in [-0.25, -0.2) is 4.39 Å². The van der Waals surface area contributed by atoms with Gasteiger partial charge in [0.05, 0.1) is 11.7 Å². The molecule has 28 heavy (non-hydrogen) atoms. The number of fused-ring (bicyclic) bond motifs is 2. The molecule has 1 aliphatic carbocycles. The molecule has 1 saturated carbocycles. The van der Waals surface area contributed by atoms with E-state index in [1.54, 1.807) is 6.07 Å². The van der Waals surface area contributed by atoms with Crippen LogP contribution in [0.4, 0.5) is 10.1 Å². The number of halogens is 1. The fraction of sp³-hybridized carbons (Fsp3) is 0.391. The first-order valence-corrected chi connectivity index (χ1v) is 10.2. The largest absolute Gasteiger partial charge is 0.489 e. The first-order chi connectivity index (χ1) is 13.8. The Labute approximate surface area is 164 Å². The molecule has 1 aromatic heterocycles. The lowest BCUT2D eigenvalue weighted by Crippen LogP contribution is -2.44. The summed E-state index contributed by atoms with van der Waals surface area (Å²) in [7, 11) is 0. The van der Waals surface area contributed by atoms with Gasteiger partial charge in [0.2, 0.25) is 0 Å². The SMILES string of the molecule is Fc1ccc2[nH]cc([C@H]3CC[C@@H](NCC4COc5ccccc5N4)CC3)c2c1. The van der Waals surface area contributed by atoms with E-state index in [0.717, 1.165) is 54.6 Å². The van der Waals surface area contributed by atoms with Crippen molar-refractivity contribution in [3.05, 3.63) is 60.0 Å². The molecule has 0 bridgehead atoms. The zero-order valence-electron chi connectivity index (χ0n) is 15.9. The summed E-state index contributed by atoms with van der Waals surface area (Å²) in [5.74, 6) is 1.29. The van der Waals surface area contributed by atoms with Crippen LogP contribution in [0.2, 0.25) is 0 Å². The van der Waals surface area contributed by atoms with E-state index in [-0.39, 0.29) is 5.82 Å². The number of aromatic nitrogens is 1. The lowest BCUT2D eigenvalue weighted by molar-refractivity contribution is 0.267. The molecule has 3 N–H and O–H groups in total. The third-order valence-electron chi connectivity index (χ3n) is 6.18. The van der Waals surface area contributed by atoms with E-state index in [2.05, 4.69) is 27.9 Å². The van der Waals surface area contributed by atoms with Gasteiger partial charge in [0, 0.05) is 29.7 Å². The van der Waals surface area contributed by atoms with Crippen molar-refractivity contribution >= 4 is 16.6 Å². The molecule has 0 spiro atoms. The van der Waals surface area contributed by atoms with Gasteiger partial charge in [-0.2, -0.15) is 0 Å². The van der Waals surface area contributed by atoms with Crippen LogP contribution in [0, 0.1) is 5.82 Å². The molecule has 2 aliphatic rings. The van der Waals surface area contributed by atoms with Gasteiger partial charge >= 0.3 is 0 Å². The Morgan fingerprint density at radius 2 is 1.93 bits per heavy atom. The van der Waals surface area contributed by atoms with Gasteiger partial charge < -0.3 is 20.4 Å². The summed E-state index contributed by atoms with van der Waals surface area (Å²) in [5.41, 5.74) is 3.38. The zero-order valence-corrected chi connectivity index (χ0v) is 15.9. The molecule has 1 atom stereocenters. The maximum Gasteiger partial charge on any atom is 0.142 e. The van der Waals surface area contributed by atoms with Gasteiger partial charge in [0.1, 0.15) is 18.2 Å². The average Bonchev–Trinajstić information content (AvgIpc) is 3.15. The Morgan fingerprint density at radius 1 is 1.07 bits per heavy atom. The molecule has 0 saturated heterocycles. The Balaban J connectivity index is 1.15. The van der Waals surface area contributed by atoms with E-state index >= 15 is 0 Å². The molecule has 2 aromatic carbocycles. The predicted octanol–water partition coefficient (Wildman–Crippen LogP) is 4.80. The normalized spacial score (nSPS) is 24.4. The third kappa shape index (κ3) is 3.47. The van der Waals surface area contributed by atoms with Gasteiger partial charge in [-0.15, -0.1) is 0 Å². The first kappa shape index (κ1) is 17.6. The highest BCUT2D eigenvalue weighted by molar-refractivity contribution is 5.83. The molecule has 1 fully saturated rings. The number of para-hydroxylation sites is 2. The number of anilines is 1. The minimum atomic E-state index is -0.160. The summed E-state index contributed by atoms with van der Waals surface area (Å²) in [6.45, 7) is 1.60. The lowest BCUT2D eigenvalue weighted by atomic mass is 9.81. The van der Waals surface area contributed by atoms with Crippen LogP contribution in [0.25, 0.3) is 10.9 Å². The molecule has 0 amide bonds. The predicted molar refractivity (Wildman–Crippen MR) is 111 cm³/mol. The minimum absolute atomic E-state index is 0.160. The summed E-state index contributed by atoms with van der Waals surface area (Å²) in [6.07, 6.45) is 6.65. The average molecular weight is 379 g/mol. The van der Waals surface area contributed by atoms with Crippen molar-refractivity contribution in [3.63, 3.8) is 0 Å². The number of rotatable bonds is 4. The van der Waals surface area contributed by atoms with Crippen molar-refractivity contribution in [2.24, 2.45) is 0 Å². The molecular weight excluding hydrogens is 353 g/mol. The summed E-state index contributed by atoms with van der Waals surface area (Å²) >= 11 is 0. The summed E-state index contributed by atoms with van der Waals surface area (Å²) in [4.78, 5) is 3.30. The molecule has 1 aliphatic heterocycles. The zero-order chi connectivity index (χ0) is 18.9. The van der Waals surface area contributed by atoms with Crippen LogP contribution in [0.1, 0.15) is 37.2 Å². The molecular formula is C23H26FN3O. The second-order valence-corrected chi connectivity index (χ2v) is 8.04. The number of aromatic amines is 1. The van der Waals surface area contributed by atoms with Crippen LogP contribution in [0.15, 0.2) is 48.7 Å². The van der Waals surface area contributed by atoms with Crippen molar-refractivity contribution in [1.82, 2.24) is 10.3 Å². The molecule has 5 heteroatoms. The van der Waals surface area contributed by atoms with Crippen molar-refractivity contribution in [2.75, 3.05) is 18.5 Å². The van der Waals surface area contributed by atoms with E-state index < -0.39 is 0 Å². The minimum Gasteiger partial charge on any atom is -0.489 e. The maximum atomic E-state index is 13.7. The Morgan fingerprint density at radius 3 is 2.82 bits per heavy atom. The van der Waals surface area contributed by atoms with E-state index in [1.807, 2.05) is 24.3 Å². The Kier molecular flexibility index (Phi) is 4.69. The van der Waals surface area contributed by atoms with Crippen molar-refractivity contribution in [2.45, 2.75) is 43.7 Å². The molecule has 4 nitrogen and oxygen atoms in total. The van der Waals surface area contributed by atoms with Crippen LogP contribution in [0.5, 0.6) is 5.75 Å². The molecule has 0 radical (unpaired) electrons. The maximum absolute atomic E-state index is 13.7. The second-order valence-electron chi connectivity index (χ2n) is 8.04. The fourth-order valence-electron chi connectivity index (χ4n) is 4.64. The van der Waals surface area contributed by atoms with E-state index in [4.69, 9.17) is 4.74 Å². The lowest BCUT2D eigenvalue weighted by Gasteiger charge is -2.32. The van der Waals surface area contributed by atoms with E-state index in [1.165, 1.54) is 11.6 Å². The number of ether oxygens (including phenoxy) is 1. The molecule has 5 rings (SSSR count). The smallest absolute Gasteiger partial charge is 0.142 e. The van der Waals surface area contributed by atoms with Crippen LogP contribution in [-0.2, 0) is 0 Å². The van der Waals surface area contributed by atoms with Crippen LogP contribution in [0.3, 0.4) is 0 Å². The second kappa shape index (κ2) is 7.47. The number of hydrogen-bond acceptors (Lipinski definition) is 3. The van der Waals surface area contributed by atoms with E-state index in [0.29, 0.717) is 24.6 Å². The van der Waals surface area contributed by atoms with Crippen molar-refractivity contribution in [1.29, 1.82) is 0 Å². The number of hydrogen-bond donors (Lipinski definition) is 3. The Hall–Kier alpha value is -2.53. The van der Waals surface area contributed by atoms with Crippen molar-refractivity contribution in [3.8, 4) is 5.75 Å². The first-order valence-electron chi connectivity index (χ1n) is 10.2. The highest BCUT2D eigenvalue weighted by Gasteiger charge is 2.25. The highest BCUT2D eigenvalue weighted by Crippen LogP contribution is 2.37. The molecule has 3 aromatic rings. The summed E-state index contributed by atoms with van der Waals surface area (Å²) in [5, 5.41) is 8.33.